The number of guanidine groups is 1. The van der Waals surface area contributed by atoms with E-state index in [1.165, 1.54) is 12.6 Å². The minimum atomic E-state index is -0.0284. The topological polar surface area (TPSA) is 92.6 Å². The van der Waals surface area contributed by atoms with Gasteiger partial charge in [-0.15, -0.1) is 5.11 Å². The Labute approximate surface area is 119 Å². The van der Waals surface area contributed by atoms with E-state index >= 15 is 0 Å². The molecule has 0 atom stereocenters. The molecule has 0 spiro atoms. The van der Waals surface area contributed by atoms with Gasteiger partial charge in [-0.1, -0.05) is 36.9 Å². The minimum absolute atomic E-state index is 0.0284. The van der Waals surface area contributed by atoms with Crippen molar-refractivity contribution >= 4 is 5.96 Å². The van der Waals surface area contributed by atoms with Crippen LogP contribution in [0, 0.1) is 10.9 Å². The van der Waals surface area contributed by atoms with Crippen molar-refractivity contribution in [1.29, 1.82) is 10.9 Å². The van der Waals surface area contributed by atoms with Crippen LogP contribution in [0.4, 0.5) is 0 Å². The fourth-order valence-corrected chi connectivity index (χ4v) is 2.11. The summed E-state index contributed by atoms with van der Waals surface area (Å²) in [5.41, 5.74) is 13.5. The Morgan fingerprint density at radius 2 is 1.95 bits per heavy atom. The number of piperazine rings is 1. The summed E-state index contributed by atoms with van der Waals surface area (Å²) < 4.78 is 0. The van der Waals surface area contributed by atoms with Crippen molar-refractivity contribution in [1.82, 2.24) is 9.80 Å². The third kappa shape index (κ3) is 4.25. The molecule has 1 heterocycles. The zero-order valence-electron chi connectivity index (χ0n) is 11.8. The van der Waals surface area contributed by atoms with Gasteiger partial charge in [0.1, 0.15) is 0 Å². The minimum Gasteiger partial charge on any atom is -0.333 e. The number of nitrogens with zero attached hydrogens (tertiary/aromatic N) is 3. The summed E-state index contributed by atoms with van der Waals surface area (Å²) in [7, 11) is 1.50. The SMILES string of the molecule is C=C1CN(Cc2ccccc2)CCN1C(=N)N=N.CN. The van der Waals surface area contributed by atoms with Crippen LogP contribution in [0.2, 0.25) is 0 Å². The van der Waals surface area contributed by atoms with Crippen molar-refractivity contribution in [3.05, 3.63) is 48.2 Å². The maximum atomic E-state index is 7.54. The Morgan fingerprint density at radius 3 is 2.50 bits per heavy atom. The highest BCUT2D eigenvalue weighted by atomic mass is 15.3. The van der Waals surface area contributed by atoms with Gasteiger partial charge in [-0.25, -0.2) is 5.53 Å². The molecule has 1 fully saturated rings. The summed E-state index contributed by atoms with van der Waals surface area (Å²) in [5, 5.41) is 10.7. The molecule has 0 unspecified atom stereocenters. The van der Waals surface area contributed by atoms with E-state index in [1.54, 1.807) is 4.90 Å². The van der Waals surface area contributed by atoms with Crippen LogP contribution in [0.5, 0.6) is 0 Å². The average molecular weight is 274 g/mol. The highest BCUT2D eigenvalue weighted by Crippen LogP contribution is 2.15. The molecule has 2 rings (SSSR count). The van der Waals surface area contributed by atoms with Crippen LogP contribution in [-0.4, -0.2) is 42.4 Å². The summed E-state index contributed by atoms with van der Waals surface area (Å²) in [6, 6.07) is 10.3. The van der Waals surface area contributed by atoms with Gasteiger partial charge in [0.15, 0.2) is 0 Å². The Hall–Kier alpha value is -2.05. The highest BCUT2D eigenvalue weighted by molar-refractivity contribution is 5.78. The number of nitrogens with one attached hydrogen (secondary N) is 2. The lowest BCUT2D eigenvalue weighted by molar-refractivity contribution is 0.212. The molecule has 6 heteroatoms. The summed E-state index contributed by atoms with van der Waals surface area (Å²) >= 11 is 0. The Balaban J connectivity index is 0.000000956. The second kappa shape index (κ2) is 8.19. The fraction of sp³-hybridized carbons (Fsp3) is 0.357. The second-order valence-corrected chi connectivity index (χ2v) is 4.35. The summed E-state index contributed by atoms with van der Waals surface area (Å²) in [5.74, 6) is -0.0284. The molecule has 4 N–H and O–H groups in total. The predicted molar refractivity (Wildman–Crippen MR) is 80.6 cm³/mol. The Kier molecular flexibility index (Phi) is 6.55. The van der Waals surface area contributed by atoms with Gasteiger partial charge in [-0.2, -0.15) is 0 Å². The molecule has 1 aliphatic heterocycles. The van der Waals surface area contributed by atoms with Crippen molar-refractivity contribution < 1.29 is 0 Å². The van der Waals surface area contributed by atoms with Crippen LogP contribution in [0.1, 0.15) is 5.56 Å². The molecule has 1 saturated heterocycles. The first-order chi connectivity index (χ1) is 9.70. The molecule has 0 bridgehead atoms. The molecule has 108 valence electrons. The molecule has 0 radical (unpaired) electrons. The van der Waals surface area contributed by atoms with Crippen molar-refractivity contribution in [3.63, 3.8) is 0 Å². The van der Waals surface area contributed by atoms with Crippen LogP contribution >= 0.6 is 0 Å². The van der Waals surface area contributed by atoms with E-state index in [1.807, 2.05) is 18.2 Å². The van der Waals surface area contributed by atoms with Gasteiger partial charge in [0.2, 0.25) is 5.96 Å². The second-order valence-electron chi connectivity index (χ2n) is 4.35. The zero-order valence-corrected chi connectivity index (χ0v) is 11.8. The van der Waals surface area contributed by atoms with Crippen LogP contribution in [0.25, 0.3) is 0 Å². The molecule has 1 aromatic carbocycles. The molecule has 20 heavy (non-hydrogen) atoms. The molecule has 0 aromatic heterocycles. The van der Waals surface area contributed by atoms with Gasteiger partial charge in [0.05, 0.1) is 0 Å². The Morgan fingerprint density at radius 1 is 1.30 bits per heavy atom. The lowest BCUT2D eigenvalue weighted by Crippen LogP contribution is -2.45. The van der Waals surface area contributed by atoms with E-state index in [-0.39, 0.29) is 5.96 Å². The third-order valence-corrected chi connectivity index (χ3v) is 3.04. The highest BCUT2D eigenvalue weighted by Gasteiger charge is 2.22. The standard InChI is InChI=1S/C13H17N5.CH5N/c1-11-9-17(7-8-18(11)13(14)16-15)10-12-5-3-2-4-6-12;1-2/h2-6,14-15H,1,7-10H2;2H2,1H3. The summed E-state index contributed by atoms with van der Waals surface area (Å²) in [4.78, 5) is 3.97. The number of nitrogens with two attached hydrogens (primary N) is 1. The maximum absolute atomic E-state index is 7.54. The van der Waals surface area contributed by atoms with Crippen LogP contribution in [-0.2, 0) is 6.54 Å². The van der Waals surface area contributed by atoms with E-state index < -0.39 is 0 Å². The number of rotatable bonds is 2. The van der Waals surface area contributed by atoms with Gasteiger partial charge < -0.3 is 10.6 Å². The molecule has 6 nitrogen and oxygen atoms in total. The molecule has 0 aliphatic carbocycles. The van der Waals surface area contributed by atoms with Gasteiger partial charge in [0.25, 0.3) is 0 Å². The van der Waals surface area contributed by atoms with Gasteiger partial charge in [0, 0.05) is 31.9 Å². The van der Waals surface area contributed by atoms with Gasteiger partial charge in [-0.3, -0.25) is 10.3 Å². The van der Waals surface area contributed by atoms with E-state index in [2.05, 4.69) is 34.5 Å². The van der Waals surface area contributed by atoms with Crippen LogP contribution < -0.4 is 5.73 Å². The molecule has 1 aliphatic rings. The van der Waals surface area contributed by atoms with Crippen molar-refractivity contribution in [3.8, 4) is 0 Å². The Bertz CT molecular complexity index is 456. The number of hydrogen-bond donors (Lipinski definition) is 3. The van der Waals surface area contributed by atoms with Gasteiger partial charge >= 0.3 is 0 Å². The number of benzene rings is 1. The summed E-state index contributed by atoms with van der Waals surface area (Å²) in [6.07, 6.45) is 0. The van der Waals surface area contributed by atoms with E-state index in [0.29, 0.717) is 13.1 Å². The van der Waals surface area contributed by atoms with Crippen molar-refractivity contribution in [2.75, 3.05) is 26.7 Å². The normalized spacial score (nSPS) is 15.3. The van der Waals surface area contributed by atoms with Crippen molar-refractivity contribution in [2.45, 2.75) is 6.54 Å². The van der Waals surface area contributed by atoms with Crippen molar-refractivity contribution in [2.24, 2.45) is 10.8 Å². The molecular weight excluding hydrogens is 252 g/mol. The summed E-state index contributed by atoms with van der Waals surface area (Å²) in [6.45, 7) is 7.09. The average Bonchev–Trinajstić information content (AvgIpc) is 2.50. The molecule has 0 amide bonds. The predicted octanol–water partition coefficient (Wildman–Crippen LogP) is 1.86. The lowest BCUT2D eigenvalue weighted by Gasteiger charge is -2.36. The lowest BCUT2D eigenvalue weighted by atomic mass is 10.2. The quantitative estimate of drug-likeness (QED) is 0.436. The first-order valence-electron chi connectivity index (χ1n) is 6.46. The van der Waals surface area contributed by atoms with Crippen LogP contribution in [0.3, 0.4) is 0 Å². The largest absolute Gasteiger partial charge is 0.333 e. The molecular formula is C14H22N6. The monoisotopic (exact) mass is 274 g/mol. The maximum Gasteiger partial charge on any atom is 0.241 e. The van der Waals surface area contributed by atoms with Gasteiger partial charge in [-0.05, 0) is 12.6 Å². The number of hydrogen-bond acceptors (Lipinski definition) is 4. The van der Waals surface area contributed by atoms with E-state index in [4.69, 9.17) is 10.9 Å². The first kappa shape index (κ1) is 16.0. The molecule has 1 aromatic rings. The molecule has 0 saturated carbocycles. The fourth-order valence-electron chi connectivity index (χ4n) is 2.11. The van der Waals surface area contributed by atoms with E-state index in [9.17, 15) is 0 Å². The smallest absolute Gasteiger partial charge is 0.241 e. The first-order valence-corrected chi connectivity index (χ1v) is 6.46. The van der Waals surface area contributed by atoms with Crippen LogP contribution in [0.15, 0.2) is 47.7 Å². The zero-order chi connectivity index (χ0) is 15.0. The third-order valence-electron chi connectivity index (χ3n) is 3.04. The van der Waals surface area contributed by atoms with E-state index in [0.717, 1.165) is 18.8 Å².